The molecule has 0 unspecified atom stereocenters. The second-order valence-corrected chi connectivity index (χ2v) is 4.94. The van der Waals surface area contributed by atoms with Gasteiger partial charge in [-0.05, 0) is 40.8 Å². The third kappa shape index (κ3) is 2.08. The van der Waals surface area contributed by atoms with Gasteiger partial charge in [0.15, 0.2) is 5.65 Å². The number of hydrogen-bond donors (Lipinski definition) is 3. The molecule has 4 N–H and O–H groups in total. The Kier molecular flexibility index (Phi) is 2.74. The summed E-state index contributed by atoms with van der Waals surface area (Å²) in [6.07, 6.45) is 1.67. The topological polar surface area (TPSA) is 92.5 Å². The van der Waals surface area contributed by atoms with E-state index in [9.17, 15) is 0 Å². The Morgan fingerprint density at radius 3 is 3.00 bits per heavy atom. The van der Waals surface area contributed by atoms with Crippen LogP contribution in [0.3, 0.4) is 0 Å². The van der Waals surface area contributed by atoms with Gasteiger partial charge in [-0.3, -0.25) is 5.10 Å². The molecule has 90 valence electrons. The molecule has 0 radical (unpaired) electrons. The average molecular weight is 352 g/mol. The number of halogens is 1. The van der Waals surface area contributed by atoms with Crippen LogP contribution in [0.5, 0.6) is 0 Å². The fourth-order valence-electron chi connectivity index (χ4n) is 1.65. The predicted octanol–water partition coefficient (Wildman–Crippen LogP) is 2.28. The summed E-state index contributed by atoms with van der Waals surface area (Å²) in [5.41, 5.74) is 7.22. The lowest BCUT2D eigenvalue weighted by Gasteiger charge is -2.07. The molecule has 3 aromatic rings. The van der Waals surface area contributed by atoms with Crippen molar-refractivity contribution >= 4 is 51.1 Å². The quantitative estimate of drug-likeness (QED) is 0.616. The number of aromatic amines is 1. The summed E-state index contributed by atoms with van der Waals surface area (Å²) in [6.45, 7) is 0. The Balaban J connectivity index is 2.06. The SMILES string of the molecule is Nc1nc(Nc2cccc(I)c2)c2cn[nH]c2n1. The highest BCUT2D eigenvalue weighted by Gasteiger charge is 2.08. The molecule has 2 aromatic heterocycles. The summed E-state index contributed by atoms with van der Waals surface area (Å²) in [7, 11) is 0. The highest BCUT2D eigenvalue weighted by molar-refractivity contribution is 14.1. The number of rotatable bonds is 2. The maximum Gasteiger partial charge on any atom is 0.224 e. The molecule has 0 atom stereocenters. The third-order valence-electron chi connectivity index (χ3n) is 2.41. The zero-order chi connectivity index (χ0) is 12.5. The van der Waals surface area contributed by atoms with Crippen LogP contribution >= 0.6 is 22.6 Å². The first-order valence-electron chi connectivity index (χ1n) is 5.21. The fraction of sp³-hybridized carbons (Fsp3) is 0. The molecule has 0 saturated carbocycles. The van der Waals surface area contributed by atoms with Gasteiger partial charge < -0.3 is 11.1 Å². The molecule has 18 heavy (non-hydrogen) atoms. The van der Waals surface area contributed by atoms with E-state index in [1.54, 1.807) is 6.20 Å². The summed E-state index contributed by atoms with van der Waals surface area (Å²) < 4.78 is 1.14. The Labute approximate surface area is 116 Å². The number of nitrogens with zero attached hydrogens (tertiary/aromatic N) is 3. The molecule has 0 aliphatic heterocycles. The van der Waals surface area contributed by atoms with Crippen molar-refractivity contribution < 1.29 is 0 Å². The standard InChI is InChI=1S/C11H9IN6/c12-6-2-1-3-7(4-6)15-9-8-5-14-18-10(8)17-11(13)16-9/h1-5H,(H4,13,14,15,16,17,18). The summed E-state index contributed by atoms with van der Waals surface area (Å²) in [5, 5.41) is 10.7. The lowest BCUT2D eigenvalue weighted by atomic mass is 10.3. The van der Waals surface area contributed by atoms with Crippen molar-refractivity contribution in [3.05, 3.63) is 34.0 Å². The smallest absolute Gasteiger partial charge is 0.224 e. The van der Waals surface area contributed by atoms with Gasteiger partial charge in [0.05, 0.1) is 11.6 Å². The lowest BCUT2D eigenvalue weighted by molar-refractivity contribution is 1.09. The van der Waals surface area contributed by atoms with Gasteiger partial charge in [-0.2, -0.15) is 15.1 Å². The molecule has 0 aliphatic carbocycles. The zero-order valence-corrected chi connectivity index (χ0v) is 11.3. The number of H-pyrrole nitrogens is 1. The minimum Gasteiger partial charge on any atom is -0.368 e. The van der Waals surface area contributed by atoms with E-state index in [2.05, 4.69) is 48.1 Å². The zero-order valence-electron chi connectivity index (χ0n) is 9.18. The Morgan fingerprint density at radius 1 is 1.28 bits per heavy atom. The van der Waals surface area contributed by atoms with Crippen molar-refractivity contribution in [3.8, 4) is 0 Å². The molecule has 2 heterocycles. The molecule has 7 heteroatoms. The van der Waals surface area contributed by atoms with Crippen molar-refractivity contribution in [3.63, 3.8) is 0 Å². The molecule has 0 bridgehead atoms. The Bertz CT molecular complexity index is 708. The van der Waals surface area contributed by atoms with Crippen molar-refractivity contribution in [2.75, 3.05) is 11.1 Å². The molecule has 0 aliphatic rings. The normalized spacial score (nSPS) is 10.7. The van der Waals surface area contributed by atoms with Gasteiger partial charge in [0, 0.05) is 9.26 Å². The number of nitrogens with two attached hydrogens (primary N) is 1. The van der Waals surface area contributed by atoms with E-state index in [4.69, 9.17) is 5.73 Å². The Hall–Kier alpha value is -1.90. The van der Waals surface area contributed by atoms with Crippen LogP contribution in [0.2, 0.25) is 0 Å². The van der Waals surface area contributed by atoms with Gasteiger partial charge in [0.1, 0.15) is 5.82 Å². The van der Waals surface area contributed by atoms with Crippen LogP contribution in [0.15, 0.2) is 30.5 Å². The van der Waals surface area contributed by atoms with Gasteiger partial charge in [-0.15, -0.1) is 0 Å². The first kappa shape index (κ1) is 11.2. The van der Waals surface area contributed by atoms with E-state index in [0.29, 0.717) is 11.5 Å². The molecule has 0 amide bonds. The lowest BCUT2D eigenvalue weighted by Crippen LogP contribution is -2.00. The molecular formula is C11H9IN6. The monoisotopic (exact) mass is 352 g/mol. The molecule has 0 fully saturated rings. The number of fused-ring (bicyclic) bond motifs is 1. The fourth-order valence-corrected chi connectivity index (χ4v) is 2.19. The maximum atomic E-state index is 5.66. The van der Waals surface area contributed by atoms with Gasteiger partial charge in [-0.1, -0.05) is 6.07 Å². The van der Waals surface area contributed by atoms with Crippen LogP contribution in [0, 0.1) is 3.57 Å². The largest absolute Gasteiger partial charge is 0.368 e. The van der Waals surface area contributed by atoms with Crippen molar-refractivity contribution in [2.45, 2.75) is 0 Å². The highest BCUT2D eigenvalue weighted by Crippen LogP contribution is 2.23. The number of anilines is 3. The van der Waals surface area contributed by atoms with Crippen LogP contribution in [0.25, 0.3) is 11.0 Å². The summed E-state index contributed by atoms with van der Waals surface area (Å²) in [5.74, 6) is 0.855. The first-order chi connectivity index (χ1) is 8.72. The number of nitrogens with one attached hydrogen (secondary N) is 2. The number of nitrogen functional groups attached to an aromatic ring is 1. The Morgan fingerprint density at radius 2 is 2.17 bits per heavy atom. The minimum absolute atomic E-state index is 0.208. The molecule has 0 saturated heterocycles. The molecule has 0 spiro atoms. The number of benzene rings is 1. The number of aromatic nitrogens is 4. The first-order valence-corrected chi connectivity index (χ1v) is 6.29. The summed E-state index contributed by atoms with van der Waals surface area (Å²) >= 11 is 2.26. The van der Waals surface area contributed by atoms with Crippen molar-refractivity contribution in [1.29, 1.82) is 0 Å². The van der Waals surface area contributed by atoms with Gasteiger partial charge >= 0.3 is 0 Å². The number of hydrogen-bond acceptors (Lipinski definition) is 5. The van der Waals surface area contributed by atoms with E-state index in [1.807, 2.05) is 24.3 Å². The van der Waals surface area contributed by atoms with Gasteiger partial charge in [0.25, 0.3) is 0 Å². The predicted molar refractivity (Wildman–Crippen MR) is 78.5 cm³/mol. The van der Waals surface area contributed by atoms with E-state index < -0.39 is 0 Å². The molecule has 1 aromatic carbocycles. The second-order valence-electron chi connectivity index (χ2n) is 3.70. The van der Waals surface area contributed by atoms with Crippen LogP contribution in [0.1, 0.15) is 0 Å². The van der Waals surface area contributed by atoms with E-state index in [-0.39, 0.29) is 5.95 Å². The van der Waals surface area contributed by atoms with E-state index >= 15 is 0 Å². The van der Waals surface area contributed by atoms with Crippen LogP contribution in [-0.2, 0) is 0 Å². The van der Waals surface area contributed by atoms with Crippen LogP contribution < -0.4 is 11.1 Å². The second kappa shape index (κ2) is 4.41. The maximum absolute atomic E-state index is 5.66. The highest BCUT2D eigenvalue weighted by atomic mass is 127. The summed E-state index contributed by atoms with van der Waals surface area (Å²) in [4.78, 5) is 8.25. The average Bonchev–Trinajstić information content (AvgIpc) is 2.77. The summed E-state index contributed by atoms with van der Waals surface area (Å²) in [6, 6.07) is 7.98. The third-order valence-corrected chi connectivity index (χ3v) is 3.09. The van der Waals surface area contributed by atoms with Gasteiger partial charge in [0.2, 0.25) is 5.95 Å². The van der Waals surface area contributed by atoms with Crippen molar-refractivity contribution in [1.82, 2.24) is 20.2 Å². The molecular weight excluding hydrogens is 343 g/mol. The minimum atomic E-state index is 0.208. The van der Waals surface area contributed by atoms with Crippen LogP contribution in [0.4, 0.5) is 17.5 Å². The van der Waals surface area contributed by atoms with Gasteiger partial charge in [-0.25, -0.2) is 0 Å². The van der Waals surface area contributed by atoms with E-state index in [1.165, 1.54) is 0 Å². The molecule has 6 nitrogen and oxygen atoms in total. The van der Waals surface area contributed by atoms with Crippen molar-refractivity contribution in [2.24, 2.45) is 0 Å². The van der Waals surface area contributed by atoms with E-state index in [0.717, 1.165) is 14.6 Å². The van der Waals surface area contributed by atoms with Crippen LogP contribution in [-0.4, -0.2) is 20.2 Å². The molecule has 3 rings (SSSR count).